The standard InChI is InChI=1S/C10H14N2O2/c1-7(2)14-12-10(13)9-6-4-5-8(3)11-9/h4-7H,1-3H3,(H,12,13). The third kappa shape index (κ3) is 3.14. The van der Waals surface area contributed by atoms with Gasteiger partial charge in [-0.3, -0.25) is 9.63 Å². The molecular weight excluding hydrogens is 180 g/mol. The zero-order valence-corrected chi connectivity index (χ0v) is 8.57. The zero-order valence-electron chi connectivity index (χ0n) is 8.57. The van der Waals surface area contributed by atoms with E-state index in [0.717, 1.165) is 5.69 Å². The Balaban J connectivity index is 2.61. The highest BCUT2D eigenvalue weighted by atomic mass is 16.7. The van der Waals surface area contributed by atoms with Gasteiger partial charge in [0.15, 0.2) is 0 Å². The zero-order chi connectivity index (χ0) is 10.6. The van der Waals surface area contributed by atoms with Gasteiger partial charge in [-0.05, 0) is 32.9 Å². The molecule has 1 aromatic heterocycles. The number of carbonyl (C=O) groups excluding carboxylic acids is 1. The Labute approximate surface area is 83.3 Å². The van der Waals surface area contributed by atoms with E-state index in [-0.39, 0.29) is 12.0 Å². The van der Waals surface area contributed by atoms with Gasteiger partial charge < -0.3 is 0 Å². The van der Waals surface area contributed by atoms with E-state index in [9.17, 15) is 4.79 Å². The number of pyridine rings is 1. The predicted molar refractivity (Wildman–Crippen MR) is 52.7 cm³/mol. The topological polar surface area (TPSA) is 51.2 Å². The Bertz CT molecular complexity index is 324. The number of hydrogen-bond donors (Lipinski definition) is 1. The highest BCUT2D eigenvalue weighted by Gasteiger charge is 2.07. The van der Waals surface area contributed by atoms with Crippen LogP contribution in [0, 0.1) is 6.92 Å². The molecule has 0 fully saturated rings. The first-order valence-corrected chi connectivity index (χ1v) is 4.49. The summed E-state index contributed by atoms with van der Waals surface area (Å²) in [6, 6.07) is 5.26. The van der Waals surface area contributed by atoms with Crippen LogP contribution in [0.1, 0.15) is 30.0 Å². The third-order valence-electron chi connectivity index (χ3n) is 1.51. The van der Waals surface area contributed by atoms with Gasteiger partial charge in [-0.2, -0.15) is 0 Å². The highest BCUT2D eigenvalue weighted by molar-refractivity contribution is 5.91. The molecule has 1 N–H and O–H groups in total. The van der Waals surface area contributed by atoms with E-state index in [0.29, 0.717) is 5.69 Å². The van der Waals surface area contributed by atoms with Crippen LogP contribution in [0.5, 0.6) is 0 Å². The molecule has 14 heavy (non-hydrogen) atoms. The molecule has 0 aliphatic carbocycles. The molecule has 1 aromatic rings. The van der Waals surface area contributed by atoms with Crippen LogP contribution in [0.15, 0.2) is 18.2 Å². The maximum atomic E-state index is 11.4. The van der Waals surface area contributed by atoms with Crippen molar-refractivity contribution in [2.75, 3.05) is 0 Å². The summed E-state index contributed by atoms with van der Waals surface area (Å²) in [4.78, 5) is 20.4. The summed E-state index contributed by atoms with van der Waals surface area (Å²) < 4.78 is 0. The molecular formula is C10H14N2O2. The van der Waals surface area contributed by atoms with Crippen molar-refractivity contribution >= 4 is 5.91 Å². The maximum absolute atomic E-state index is 11.4. The number of rotatable bonds is 3. The van der Waals surface area contributed by atoms with E-state index < -0.39 is 0 Å². The van der Waals surface area contributed by atoms with Crippen molar-refractivity contribution in [3.05, 3.63) is 29.6 Å². The number of aromatic nitrogens is 1. The van der Waals surface area contributed by atoms with Crippen molar-refractivity contribution < 1.29 is 9.63 Å². The summed E-state index contributed by atoms with van der Waals surface area (Å²) >= 11 is 0. The molecule has 0 aliphatic rings. The lowest BCUT2D eigenvalue weighted by atomic mass is 10.3. The molecule has 0 aliphatic heterocycles. The van der Waals surface area contributed by atoms with Crippen molar-refractivity contribution in [2.24, 2.45) is 0 Å². The summed E-state index contributed by atoms with van der Waals surface area (Å²) in [5.41, 5.74) is 3.50. The molecule has 0 saturated heterocycles. The van der Waals surface area contributed by atoms with Gasteiger partial charge in [0.2, 0.25) is 0 Å². The summed E-state index contributed by atoms with van der Waals surface area (Å²) in [5.74, 6) is -0.317. The minimum absolute atomic E-state index is 0.0382. The van der Waals surface area contributed by atoms with Gasteiger partial charge in [0.05, 0.1) is 6.10 Å². The maximum Gasteiger partial charge on any atom is 0.293 e. The molecule has 0 atom stereocenters. The van der Waals surface area contributed by atoms with E-state index in [1.807, 2.05) is 26.8 Å². The van der Waals surface area contributed by atoms with Crippen LogP contribution >= 0.6 is 0 Å². The number of aryl methyl sites for hydroxylation is 1. The van der Waals surface area contributed by atoms with E-state index in [1.165, 1.54) is 0 Å². The number of amides is 1. The van der Waals surface area contributed by atoms with E-state index >= 15 is 0 Å². The average molecular weight is 194 g/mol. The summed E-state index contributed by atoms with van der Waals surface area (Å²) in [6.07, 6.45) is -0.0382. The normalized spacial score (nSPS) is 10.3. The molecule has 1 amide bonds. The van der Waals surface area contributed by atoms with Crippen molar-refractivity contribution in [3.8, 4) is 0 Å². The Kier molecular flexibility index (Phi) is 3.59. The van der Waals surface area contributed by atoms with Gasteiger partial charge in [0.1, 0.15) is 5.69 Å². The number of hydroxylamine groups is 1. The Hall–Kier alpha value is -1.42. The van der Waals surface area contributed by atoms with Crippen LogP contribution in [0.3, 0.4) is 0 Å². The van der Waals surface area contributed by atoms with E-state index in [1.54, 1.807) is 12.1 Å². The fraction of sp³-hybridized carbons (Fsp3) is 0.400. The van der Waals surface area contributed by atoms with Gasteiger partial charge in [0.25, 0.3) is 5.91 Å². The quantitative estimate of drug-likeness (QED) is 0.741. The van der Waals surface area contributed by atoms with Crippen LogP contribution in [-0.2, 0) is 4.84 Å². The molecule has 0 saturated carbocycles. The SMILES string of the molecule is Cc1cccc(C(=O)NOC(C)C)n1. The van der Waals surface area contributed by atoms with Crippen LogP contribution in [0.4, 0.5) is 0 Å². The molecule has 0 spiro atoms. The van der Waals surface area contributed by atoms with Gasteiger partial charge >= 0.3 is 0 Å². The second kappa shape index (κ2) is 4.72. The van der Waals surface area contributed by atoms with Crippen LogP contribution in [0.25, 0.3) is 0 Å². The fourth-order valence-electron chi connectivity index (χ4n) is 0.893. The second-order valence-corrected chi connectivity index (χ2v) is 3.26. The largest absolute Gasteiger partial charge is 0.293 e. The minimum Gasteiger partial charge on any atom is -0.271 e. The minimum atomic E-state index is -0.317. The van der Waals surface area contributed by atoms with Crippen LogP contribution < -0.4 is 5.48 Å². The smallest absolute Gasteiger partial charge is 0.271 e. The molecule has 4 nitrogen and oxygen atoms in total. The molecule has 4 heteroatoms. The lowest BCUT2D eigenvalue weighted by Crippen LogP contribution is -2.27. The molecule has 1 heterocycles. The predicted octanol–water partition coefficient (Wildman–Crippen LogP) is 1.46. The molecule has 1 rings (SSSR count). The second-order valence-electron chi connectivity index (χ2n) is 3.26. The molecule has 0 bridgehead atoms. The summed E-state index contributed by atoms with van der Waals surface area (Å²) in [5, 5.41) is 0. The van der Waals surface area contributed by atoms with E-state index in [2.05, 4.69) is 10.5 Å². The monoisotopic (exact) mass is 194 g/mol. The Morgan fingerprint density at radius 2 is 2.21 bits per heavy atom. The number of nitrogens with one attached hydrogen (secondary N) is 1. The van der Waals surface area contributed by atoms with Gasteiger partial charge in [0, 0.05) is 5.69 Å². The van der Waals surface area contributed by atoms with Crippen molar-refractivity contribution in [1.82, 2.24) is 10.5 Å². The van der Waals surface area contributed by atoms with E-state index in [4.69, 9.17) is 4.84 Å². The van der Waals surface area contributed by atoms with Crippen molar-refractivity contribution in [1.29, 1.82) is 0 Å². The third-order valence-corrected chi connectivity index (χ3v) is 1.51. The lowest BCUT2D eigenvalue weighted by Gasteiger charge is -2.07. The molecule has 0 unspecified atom stereocenters. The highest BCUT2D eigenvalue weighted by Crippen LogP contribution is 1.98. The van der Waals surface area contributed by atoms with Gasteiger partial charge in [-0.25, -0.2) is 10.5 Å². The number of carbonyl (C=O) groups is 1. The number of nitrogens with zero attached hydrogens (tertiary/aromatic N) is 1. The lowest BCUT2D eigenvalue weighted by molar-refractivity contribution is -0.000145. The first-order chi connectivity index (χ1) is 6.59. The fourth-order valence-corrected chi connectivity index (χ4v) is 0.893. The molecule has 0 radical (unpaired) electrons. The Morgan fingerprint density at radius 3 is 2.79 bits per heavy atom. The van der Waals surface area contributed by atoms with Crippen LogP contribution in [-0.4, -0.2) is 17.0 Å². The average Bonchev–Trinajstić information content (AvgIpc) is 2.14. The van der Waals surface area contributed by atoms with Crippen molar-refractivity contribution in [3.63, 3.8) is 0 Å². The molecule has 0 aromatic carbocycles. The molecule has 76 valence electrons. The first kappa shape index (κ1) is 10.7. The number of hydrogen-bond acceptors (Lipinski definition) is 3. The van der Waals surface area contributed by atoms with Crippen LogP contribution in [0.2, 0.25) is 0 Å². The summed E-state index contributed by atoms with van der Waals surface area (Å²) in [6.45, 7) is 5.51. The Morgan fingerprint density at radius 1 is 1.50 bits per heavy atom. The van der Waals surface area contributed by atoms with Crippen molar-refractivity contribution in [2.45, 2.75) is 26.9 Å². The van der Waals surface area contributed by atoms with Gasteiger partial charge in [-0.1, -0.05) is 6.07 Å². The summed E-state index contributed by atoms with van der Waals surface area (Å²) in [7, 11) is 0. The first-order valence-electron chi connectivity index (χ1n) is 4.49. The van der Waals surface area contributed by atoms with Gasteiger partial charge in [-0.15, -0.1) is 0 Å².